The molecule has 0 atom stereocenters. The summed E-state index contributed by atoms with van der Waals surface area (Å²) < 4.78 is 17.7. The minimum absolute atomic E-state index is 0.192. The van der Waals surface area contributed by atoms with Crippen LogP contribution in [0.3, 0.4) is 0 Å². The van der Waals surface area contributed by atoms with Crippen LogP contribution in [-0.4, -0.2) is 36.6 Å². The van der Waals surface area contributed by atoms with Crippen LogP contribution in [0.15, 0.2) is 30.3 Å². The summed E-state index contributed by atoms with van der Waals surface area (Å²) in [5.41, 5.74) is 2.64. The van der Waals surface area contributed by atoms with Crippen molar-refractivity contribution in [2.24, 2.45) is 0 Å². The first-order chi connectivity index (χ1) is 12.5. The molecule has 1 aromatic carbocycles. The Morgan fingerprint density at radius 3 is 2.35 bits per heavy atom. The maximum Gasteiger partial charge on any atom is 0.344 e. The van der Waals surface area contributed by atoms with Crippen molar-refractivity contribution in [2.45, 2.75) is 32.7 Å². The molecule has 1 aliphatic carbocycles. The highest BCUT2D eigenvalue weighted by Gasteiger charge is 2.28. The van der Waals surface area contributed by atoms with Crippen LogP contribution in [0.4, 0.5) is 0 Å². The largest absolute Gasteiger partial charge is 0.497 e. The Labute approximate surface area is 152 Å². The molecule has 6 heteroatoms. The molecule has 1 heterocycles. The molecule has 0 aliphatic heterocycles. The summed E-state index contributed by atoms with van der Waals surface area (Å²) in [5, 5.41) is 0. The summed E-state index contributed by atoms with van der Waals surface area (Å²) in [6, 6.07) is 9.25. The van der Waals surface area contributed by atoms with Crippen LogP contribution >= 0.6 is 0 Å². The van der Waals surface area contributed by atoms with Crippen molar-refractivity contribution < 1.29 is 23.8 Å². The highest BCUT2D eigenvalue weighted by Crippen LogP contribution is 2.38. The maximum absolute atomic E-state index is 12.4. The number of aromatic nitrogens is 1. The van der Waals surface area contributed by atoms with E-state index in [9.17, 15) is 9.59 Å². The Balaban J connectivity index is 1.49. The van der Waals surface area contributed by atoms with Crippen molar-refractivity contribution in [2.75, 3.05) is 20.3 Å². The van der Waals surface area contributed by atoms with Crippen LogP contribution in [0.2, 0.25) is 0 Å². The van der Waals surface area contributed by atoms with Crippen molar-refractivity contribution in [3.63, 3.8) is 0 Å². The van der Waals surface area contributed by atoms with Gasteiger partial charge in [0.2, 0.25) is 5.78 Å². The van der Waals surface area contributed by atoms with E-state index >= 15 is 0 Å². The zero-order chi connectivity index (χ0) is 18.7. The van der Waals surface area contributed by atoms with Crippen molar-refractivity contribution >= 4 is 11.8 Å². The van der Waals surface area contributed by atoms with Gasteiger partial charge in [-0.05, 0) is 57.0 Å². The van der Waals surface area contributed by atoms with Gasteiger partial charge in [0.25, 0.3) is 0 Å². The third kappa shape index (κ3) is 4.07. The van der Waals surface area contributed by atoms with Gasteiger partial charge in [-0.25, -0.2) is 4.79 Å². The van der Waals surface area contributed by atoms with Gasteiger partial charge in [0, 0.05) is 23.0 Å². The van der Waals surface area contributed by atoms with Crippen LogP contribution in [-0.2, 0) is 9.53 Å². The first kappa shape index (κ1) is 18.0. The molecule has 0 bridgehead atoms. The predicted molar refractivity (Wildman–Crippen MR) is 96.0 cm³/mol. The number of hydrogen-bond acceptors (Lipinski definition) is 5. The first-order valence-corrected chi connectivity index (χ1v) is 8.63. The van der Waals surface area contributed by atoms with E-state index in [4.69, 9.17) is 14.2 Å². The van der Waals surface area contributed by atoms with E-state index in [-0.39, 0.29) is 19.0 Å². The van der Waals surface area contributed by atoms with Gasteiger partial charge in [0.05, 0.1) is 7.11 Å². The standard InChI is InChI=1S/C20H23NO5/c1-13-10-18(14(2)21(13)15-4-5-15)19(22)11-26-20(23)12-25-17-8-6-16(24-3)7-9-17/h6-10,15H,4-5,11-12H2,1-3H3. The lowest BCUT2D eigenvalue weighted by Gasteiger charge is -2.08. The predicted octanol–water partition coefficient (Wildman–Crippen LogP) is 3.25. The number of aryl methyl sites for hydroxylation is 1. The second-order valence-corrected chi connectivity index (χ2v) is 6.43. The molecular weight excluding hydrogens is 334 g/mol. The fourth-order valence-corrected chi connectivity index (χ4v) is 3.03. The molecule has 0 unspecified atom stereocenters. The molecule has 0 radical (unpaired) electrons. The lowest BCUT2D eigenvalue weighted by Crippen LogP contribution is -2.19. The van der Waals surface area contributed by atoms with Gasteiger partial charge in [-0.15, -0.1) is 0 Å². The second kappa shape index (κ2) is 7.64. The number of hydrogen-bond donors (Lipinski definition) is 0. The first-order valence-electron chi connectivity index (χ1n) is 8.63. The summed E-state index contributed by atoms with van der Waals surface area (Å²) in [4.78, 5) is 24.2. The van der Waals surface area contributed by atoms with Crippen LogP contribution < -0.4 is 9.47 Å². The third-order valence-corrected chi connectivity index (χ3v) is 4.48. The third-order valence-electron chi connectivity index (χ3n) is 4.48. The molecule has 0 N–H and O–H groups in total. The van der Waals surface area contributed by atoms with E-state index in [0.29, 0.717) is 23.1 Å². The van der Waals surface area contributed by atoms with Crippen LogP contribution in [0.5, 0.6) is 11.5 Å². The molecule has 0 saturated heterocycles. The number of rotatable bonds is 8. The number of ketones is 1. The maximum atomic E-state index is 12.4. The Morgan fingerprint density at radius 1 is 1.08 bits per heavy atom. The van der Waals surface area contributed by atoms with Gasteiger partial charge in [-0.2, -0.15) is 0 Å². The molecule has 1 fully saturated rings. The minimum atomic E-state index is -0.579. The summed E-state index contributed by atoms with van der Waals surface area (Å²) >= 11 is 0. The van der Waals surface area contributed by atoms with Gasteiger partial charge in [-0.1, -0.05) is 0 Å². The Hall–Kier alpha value is -2.76. The fourth-order valence-electron chi connectivity index (χ4n) is 3.03. The zero-order valence-electron chi connectivity index (χ0n) is 15.3. The van der Waals surface area contributed by atoms with Gasteiger partial charge in [-0.3, -0.25) is 4.79 Å². The molecule has 0 spiro atoms. The van der Waals surface area contributed by atoms with E-state index in [1.54, 1.807) is 31.4 Å². The number of carbonyl (C=O) groups is 2. The second-order valence-electron chi connectivity index (χ2n) is 6.43. The summed E-state index contributed by atoms with van der Waals surface area (Å²) in [7, 11) is 1.58. The Kier molecular flexibility index (Phi) is 5.30. The molecule has 2 aromatic rings. The lowest BCUT2D eigenvalue weighted by molar-refractivity contribution is -0.144. The number of carbonyl (C=O) groups excluding carboxylic acids is 2. The fraction of sp³-hybridized carbons (Fsp3) is 0.400. The normalized spacial score (nSPS) is 13.3. The number of Topliss-reactive ketones (excluding diaryl/α,β-unsaturated/α-hetero) is 1. The smallest absolute Gasteiger partial charge is 0.344 e. The number of nitrogens with zero attached hydrogens (tertiary/aromatic N) is 1. The minimum Gasteiger partial charge on any atom is -0.497 e. The molecule has 0 amide bonds. The van der Waals surface area contributed by atoms with Crippen molar-refractivity contribution in [3.8, 4) is 11.5 Å². The Bertz CT molecular complexity index is 802. The van der Waals surface area contributed by atoms with E-state index in [1.807, 2.05) is 19.9 Å². The van der Waals surface area contributed by atoms with Gasteiger partial charge in [0.1, 0.15) is 11.5 Å². The highest BCUT2D eigenvalue weighted by atomic mass is 16.6. The van der Waals surface area contributed by atoms with Crippen LogP contribution in [0.25, 0.3) is 0 Å². The quantitative estimate of drug-likeness (QED) is 0.536. The average Bonchev–Trinajstić information content (AvgIpc) is 3.43. The van der Waals surface area contributed by atoms with Gasteiger partial charge in [0.15, 0.2) is 13.2 Å². The number of ether oxygens (including phenoxy) is 3. The molecule has 6 nitrogen and oxygen atoms in total. The average molecular weight is 357 g/mol. The van der Waals surface area contributed by atoms with E-state index in [2.05, 4.69) is 4.57 Å². The topological polar surface area (TPSA) is 66.8 Å². The summed E-state index contributed by atoms with van der Waals surface area (Å²) in [6.07, 6.45) is 2.31. The molecule has 1 aromatic heterocycles. The van der Waals surface area contributed by atoms with Gasteiger partial charge < -0.3 is 18.8 Å². The summed E-state index contributed by atoms with van der Waals surface area (Å²) in [5.74, 6) is 0.462. The molecule has 1 saturated carbocycles. The van der Waals surface area contributed by atoms with Crippen LogP contribution in [0.1, 0.15) is 40.6 Å². The Morgan fingerprint density at radius 2 is 1.73 bits per heavy atom. The van der Waals surface area contributed by atoms with Crippen LogP contribution in [0, 0.1) is 13.8 Å². The lowest BCUT2D eigenvalue weighted by atomic mass is 10.1. The molecule has 1 aliphatic rings. The molecule has 3 rings (SSSR count). The zero-order valence-corrected chi connectivity index (χ0v) is 15.3. The number of benzene rings is 1. The monoisotopic (exact) mass is 357 g/mol. The molecule has 26 heavy (non-hydrogen) atoms. The number of methoxy groups -OCH3 is 1. The van der Waals surface area contributed by atoms with Crippen molar-refractivity contribution in [1.82, 2.24) is 4.57 Å². The SMILES string of the molecule is COc1ccc(OCC(=O)OCC(=O)c2cc(C)n(C3CC3)c2C)cc1. The van der Waals surface area contributed by atoms with Crippen molar-refractivity contribution in [3.05, 3.63) is 47.3 Å². The molecular formula is C20H23NO5. The van der Waals surface area contributed by atoms with E-state index < -0.39 is 5.97 Å². The van der Waals surface area contributed by atoms with E-state index in [0.717, 1.165) is 24.2 Å². The molecule has 138 valence electrons. The van der Waals surface area contributed by atoms with Crippen molar-refractivity contribution in [1.29, 1.82) is 0 Å². The highest BCUT2D eigenvalue weighted by molar-refractivity contribution is 5.99. The summed E-state index contributed by atoms with van der Waals surface area (Å²) in [6.45, 7) is 3.41. The van der Waals surface area contributed by atoms with E-state index in [1.165, 1.54) is 0 Å². The number of esters is 1. The van der Waals surface area contributed by atoms with Gasteiger partial charge >= 0.3 is 5.97 Å².